The largest absolute Gasteiger partial charge is 0.250 e. The molecule has 0 bridgehead atoms. The van der Waals surface area contributed by atoms with E-state index in [9.17, 15) is 0 Å². The lowest BCUT2D eigenvalue weighted by atomic mass is 9.90. The summed E-state index contributed by atoms with van der Waals surface area (Å²) < 4.78 is 0. The number of hydrogen-bond acceptors (Lipinski definition) is 2. The van der Waals surface area contributed by atoms with Crippen molar-refractivity contribution < 1.29 is 0 Å². The first-order chi connectivity index (χ1) is 12.4. The highest BCUT2D eigenvalue weighted by Gasteiger charge is 2.11. The van der Waals surface area contributed by atoms with Crippen LogP contribution in [-0.4, -0.2) is 4.98 Å². The van der Waals surface area contributed by atoms with Gasteiger partial charge in [0.1, 0.15) is 0 Å². The average Bonchev–Trinajstić information content (AvgIpc) is 3.13. The summed E-state index contributed by atoms with van der Waals surface area (Å²) >= 11 is 1.75. The fourth-order valence-electron chi connectivity index (χ4n) is 3.76. The van der Waals surface area contributed by atoms with Gasteiger partial charge in [-0.2, -0.15) is 0 Å². The van der Waals surface area contributed by atoms with Crippen molar-refractivity contribution in [2.24, 2.45) is 5.92 Å². The third-order valence-corrected chi connectivity index (χ3v) is 6.05. The molecule has 1 rings (SSSR count). The number of thiazole rings is 1. The van der Waals surface area contributed by atoms with Gasteiger partial charge in [0.2, 0.25) is 0 Å². The van der Waals surface area contributed by atoms with E-state index in [-0.39, 0.29) is 0 Å². The van der Waals surface area contributed by atoms with Crippen LogP contribution in [0.1, 0.15) is 122 Å². The van der Waals surface area contributed by atoms with Crippen LogP contribution in [-0.2, 0) is 6.42 Å². The molecule has 0 aliphatic heterocycles. The van der Waals surface area contributed by atoms with Gasteiger partial charge >= 0.3 is 0 Å². The highest BCUT2D eigenvalue weighted by molar-refractivity contribution is 7.07. The molecule has 1 aromatic rings. The first-order valence-electron chi connectivity index (χ1n) is 11.2. The maximum absolute atomic E-state index is 4.53. The first-order valence-corrected chi connectivity index (χ1v) is 12.2. The van der Waals surface area contributed by atoms with Crippen molar-refractivity contribution in [2.75, 3.05) is 0 Å². The topological polar surface area (TPSA) is 12.9 Å². The SMILES string of the molecule is CCCCCCCCCCC(CCCCCCCC)Cc1cscn1. The van der Waals surface area contributed by atoms with Gasteiger partial charge in [0, 0.05) is 5.38 Å². The summed E-state index contributed by atoms with van der Waals surface area (Å²) in [5, 5.41) is 2.25. The molecule has 0 amide bonds. The lowest BCUT2D eigenvalue weighted by molar-refractivity contribution is 0.398. The van der Waals surface area contributed by atoms with Crippen LogP contribution in [0.4, 0.5) is 0 Å². The van der Waals surface area contributed by atoms with Crippen LogP contribution in [0.2, 0.25) is 0 Å². The predicted octanol–water partition coefficient (Wildman–Crippen LogP) is 8.58. The van der Waals surface area contributed by atoms with E-state index in [1.54, 1.807) is 11.3 Å². The van der Waals surface area contributed by atoms with E-state index in [1.165, 1.54) is 115 Å². The summed E-state index contributed by atoms with van der Waals surface area (Å²) in [6, 6.07) is 0. The molecule has 1 nitrogen and oxygen atoms in total. The smallest absolute Gasteiger partial charge is 0.0794 e. The zero-order chi connectivity index (χ0) is 18.0. The number of aromatic nitrogens is 1. The Morgan fingerprint density at radius 2 is 1.20 bits per heavy atom. The molecule has 0 radical (unpaired) electrons. The molecule has 0 N–H and O–H groups in total. The Bertz CT molecular complexity index is 360. The number of unbranched alkanes of at least 4 members (excludes halogenated alkanes) is 12. The van der Waals surface area contributed by atoms with Crippen LogP contribution < -0.4 is 0 Å². The van der Waals surface area contributed by atoms with E-state index in [2.05, 4.69) is 24.2 Å². The first kappa shape index (κ1) is 22.7. The Balaban J connectivity index is 2.13. The average molecular weight is 366 g/mol. The van der Waals surface area contributed by atoms with Gasteiger partial charge in [-0.3, -0.25) is 0 Å². The number of rotatable bonds is 18. The van der Waals surface area contributed by atoms with E-state index >= 15 is 0 Å². The van der Waals surface area contributed by atoms with Gasteiger partial charge in [0.05, 0.1) is 11.2 Å². The van der Waals surface area contributed by atoms with Gasteiger partial charge in [0.25, 0.3) is 0 Å². The molecule has 25 heavy (non-hydrogen) atoms. The van der Waals surface area contributed by atoms with Crippen molar-refractivity contribution in [3.63, 3.8) is 0 Å². The zero-order valence-electron chi connectivity index (χ0n) is 17.1. The van der Waals surface area contributed by atoms with Gasteiger partial charge in [-0.15, -0.1) is 11.3 Å². The molecule has 2 heteroatoms. The lowest BCUT2D eigenvalue weighted by Gasteiger charge is -2.16. The second-order valence-electron chi connectivity index (χ2n) is 7.87. The van der Waals surface area contributed by atoms with Gasteiger partial charge in [-0.1, -0.05) is 117 Å². The normalized spacial score (nSPS) is 12.6. The second-order valence-corrected chi connectivity index (χ2v) is 8.59. The van der Waals surface area contributed by atoms with Crippen LogP contribution in [0.15, 0.2) is 10.9 Å². The molecule has 1 unspecified atom stereocenters. The van der Waals surface area contributed by atoms with E-state index < -0.39 is 0 Å². The molecule has 146 valence electrons. The maximum atomic E-state index is 4.53. The fraction of sp³-hybridized carbons (Fsp3) is 0.870. The zero-order valence-corrected chi connectivity index (χ0v) is 17.9. The minimum atomic E-state index is 0.869. The van der Waals surface area contributed by atoms with Crippen LogP contribution in [0.3, 0.4) is 0 Å². The van der Waals surface area contributed by atoms with Gasteiger partial charge in [-0.25, -0.2) is 4.98 Å². The van der Waals surface area contributed by atoms with Gasteiger partial charge in [0.15, 0.2) is 0 Å². The van der Waals surface area contributed by atoms with Crippen molar-refractivity contribution in [1.29, 1.82) is 0 Å². The highest BCUT2D eigenvalue weighted by Crippen LogP contribution is 2.23. The summed E-state index contributed by atoms with van der Waals surface area (Å²) in [7, 11) is 0. The summed E-state index contributed by atoms with van der Waals surface area (Å²) in [4.78, 5) is 4.53. The van der Waals surface area contributed by atoms with Crippen molar-refractivity contribution in [3.05, 3.63) is 16.6 Å². The van der Waals surface area contributed by atoms with E-state index in [4.69, 9.17) is 0 Å². The molecule has 1 aromatic heterocycles. The summed E-state index contributed by atoms with van der Waals surface area (Å²) in [6.45, 7) is 4.60. The Kier molecular flexibility index (Phi) is 15.5. The Hall–Kier alpha value is -0.370. The Morgan fingerprint density at radius 1 is 0.720 bits per heavy atom. The van der Waals surface area contributed by atoms with E-state index in [0.29, 0.717) is 0 Å². The standard InChI is InChI=1S/C23H43NS/c1-3-5-7-9-11-12-14-16-18-22(19-23-20-25-21-24-23)17-15-13-10-8-6-4-2/h20-22H,3-19H2,1-2H3. The highest BCUT2D eigenvalue weighted by atomic mass is 32.1. The third-order valence-electron chi connectivity index (χ3n) is 5.41. The van der Waals surface area contributed by atoms with Gasteiger partial charge in [-0.05, 0) is 12.3 Å². The van der Waals surface area contributed by atoms with Crippen molar-refractivity contribution in [1.82, 2.24) is 4.98 Å². The minimum absolute atomic E-state index is 0.869. The van der Waals surface area contributed by atoms with Crippen LogP contribution >= 0.6 is 11.3 Å². The van der Waals surface area contributed by atoms with Crippen LogP contribution in [0.5, 0.6) is 0 Å². The number of hydrogen-bond donors (Lipinski definition) is 0. The minimum Gasteiger partial charge on any atom is -0.250 e. The van der Waals surface area contributed by atoms with E-state index in [1.807, 2.05) is 5.51 Å². The quantitative estimate of drug-likeness (QED) is 0.237. The second kappa shape index (κ2) is 17.1. The Morgan fingerprint density at radius 3 is 1.64 bits per heavy atom. The third kappa shape index (κ3) is 13.5. The maximum Gasteiger partial charge on any atom is 0.0794 e. The predicted molar refractivity (Wildman–Crippen MR) is 115 cm³/mol. The molecule has 0 aliphatic carbocycles. The van der Waals surface area contributed by atoms with Crippen LogP contribution in [0, 0.1) is 5.92 Å². The summed E-state index contributed by atoms with van der Waals surface area (Å²) in [6.07, 6.45) is 24.0. The van der Waals surface area contributed by atoms with Crippen molar-refractivity contribution >= 4 is 11.3 Å². The molecule has 1 heterocycles. The van der Waals surface area contributed by atoms with Gasteiger partial charge < -0.3 is 0 Å². The fourth-order valence-corrected chi connectivity index (χ4v) is 4.33. The van der Waals surface area contributed by atoms with Crippen LogP contribution in [0.25, 0.3) is 0 Å². The molecule has 0 saturated heterocycles. The monoisotopic (exact) mass is 365 g/mol. The molecule has 0 saturated carbocycles. The van der Waals surface area contributed by atoms with Crippen molar-refractivity contribution in [3.8, 4) is 0 Å². The number of nitrogens with zero attached hydrogens (tertiary/aromatic N) is 1. The summed E-state index contributed by atoms with van der Waals surface area (Å²) in [5.41, 5.74) is 3.33. The Labute approximate surface area is 162 Å². The van der Waals surface area contributed by atoms with E-state index in [0.717, 1.165) is 5.92 Å². The molecule has 0 fully saturated rings. The molecular weight excluding hydrogens is 322 g/mol. The lowest BCUT2D eigenvalue weighted by Crippen LogP contribution is -2.05. The molecular formula is C23H43NS. The summed E-state index contributed by atoms with van der Waals surface area (Å²) in [5.74, 6) is 0.869. The van der Waals surface area contributed by atoms with Crippen molar-refractivity contribution in [2.45, 2.75) is 123 Å². The molecule has 1 atom stereocenters. The molecule has 0 aliphatic rings. The molecule has 0 spiro atoms. The molecule has 0 aromatic carbocycles.